The Bertz CT molecular complexity index is 700. The lowest BCUT2D eigenvalue weighted by Crippen LogP contribution is -2.46. The number of fused-ring (bicyclic) bond motifs is 3. The van der Waals surface area contributed by atoms with Gasteiger partial charge in [0.2, 0.25) is 5.91 Å². The molecule has 1 aromatic rings. The van der Waals surface area contributed by atoms with E-state index in [2.05, 4.69) is 23.1 Å². The third-order valence-electron chi connectivity index (χ3n) is 6.89. The zero-order valence-corrected chi connectivity index (χ0v) is 16.4. The molecule has 6 nitrogen and oxygen atoms in total. The van der Waals surface area contributed by atoms with E-state index in [1.807, 2.05) is 11.0 Å². The molecule has 152 valence electrons. The highest BCUT2D eigenvalue weighted by molar-refractivity contribution is 5.80. The molecule has 1 amide bonds. The second-order valence-corrected chi connectivity index (χ2v) is 8.51. The predicted octanol–water partition coefficient (Wildman–Crippen LogP) is 1.95. The van der Waals surface area contributed by atoms with Gasteiger partial charge in [-0.25, -0.2) is 0 Å². The number of morpholine rings is 1. The van der Waals surface area contributed by atoms with E-state index in [-0.39, 0.29) is 23.8 Å². The summed E-state index contributed by atoms with van der Waals surface area (Å²) < 4.78 is 17.1. The molecule has 0 aromatic heterocycles. The van der Waals surface area contributed by atoms with Gasteiger partial charge in [0, 0.05) is 56.9 Å². The van der Waals surface area contributed by atoms with Crippen molar-refractivity contribution in [1.29, 1.82) is 0 Å². The van der Waals surface area contributed by atoms with Gasteiger partial charge in [0.1, 0.15) is 5.75 Å². The fourth-order valence-electron chi connectivity index (χ4n) is 5.40. The van der Waals surface area contributed by atoms with Gasteiger partial charge in [-0.1, -0.05) is 18.2 Å². The maximum atomic E-state index is 13.4. The van der Waals surface area contributed by atoms with Gasteiger partial charge in [-0.3, -0.25) is 9.69 Å². The summed E-state index contributed by atoms with van der Waals surface area (Å²) in [7, 11) is 0. The Hall–Kier alpha value is -1.63. The van der Waals surface area contributed by atoms with E-state index in [1.54, 1.807) is 0 Å². The van der Waals surface area contributed by atoms with Crippen molar-refractivity contribution < 1.29 is 19.0 Å². The smallest absolute Gasteiger partial charge is 0.227 e. The van der Waals surface area contributed by atoms with Crippen LogP contribution < -0.4 is 4.74 Å². The van der Waals surface area contributed by atoms with Crippen LogP contribution in [0.5, 0.6) is 5.75 Å². The van der Waals surface area contributed by atoms with Crippen LogP contribution >= 0.6 is 0 Å². The molecule has 3 fully saturated rings. The molecule has 3 saturated heterocycles. The molecule has 0 saturated carbocycles. The highest BCUT2D eigenvalue weighted by Gasteiger charge is 2.50. The zero-order chi connectivity index (χ0) is 18.9. The van der Waals surface area contributed by atoms with Crippen LogP contribution in [0.1, 0.15) is 24.4 Å². The van der Waals surface area contributed by atoms with Crippen LogP contribution in [0.25, 0.3) is 0 Å². The van der Waals surface area contributed by atoms with Crippen LogP contribution in [0.3, 0.4) is 0 Å². The summed E-state index contributed by atoms with van der Waals surface area (Å²) in [4.78, 5) is 18.0. The number of carbonyl (C=O) groups is 1. The van der Waals surface area contributed by atoms with Gasteiger partial charge in [0.15, 0.2) is 0 Å². The molecular formula is C22H30N2O4. The van der Waals surface area contributed by atoms with E-state index in [9.17, 15) is 4.79 Å². The monoisotopic (exact) mass is 386 g/mol. The maximum absolute atomic E-state index is 13.4. The fourth-order valence-corrected chi connectivity index (χ4v) is 5.40. The lowest BCUT2D eigenvalue weighted by molar-refractivity contribution is -0.141. The Balaban J connectivity index is 1.40. The van der Waals surface area contributed by atoms with Crippen molar-refractivity contribution >= 4 is 5.91 Å². The van der Waals surface area contributed by atoms with Crippen LogP contribution in [0, 0.1) is 17.8 Å². The van der Waals surface area contributed by atoms with Crippen molar-refractivity contribution in [3.05, 3.63) is 29.8 Å². The fraction of sp³-hybridized carbons (Fsp3) is 0.682. The molecule has 0 N–H and O–H groups in total. The van der Waals surface area contributed by atoms with Crippen LogP contribution in [0.15, 0.2) is 24.3 Å². The number of rotatable bonds is 3. The number of likely N-dealkylation sites (tertiary alicyclic amines) is 1. The number of ether oxygens (including phenoxy) is 3. The molecule has 4 aliphatic rings. The first-order valence-electron chi connectivity index (χ1n) is 10.7. The molecule has 0 aliphatic carbocycles. The van der Waals surface area contributed by atoms with Crippen LogP contribution in [-0.2, 0) is 14.3 Å². The Labute approximate surface area is 166 Å². The quantitative estimate of drug-likeness (QED) is 0.795. The summed E-state index contributed by atoms with van der Waals surface area (Å²) in [6.07, 6.45) is 2.24. The highest BCUT2D eigenvalue weighted by atomic mass is 16.5. The number of hydrogen-bond donors (Lipinski definition) is 0. The van der Waals surface area contributed by atoms with Crippen molar-refractivity contribution in [2.24, 2.45) is 17.8 Å². The number of carbonyl (C=O) groups excluding carboxylic acids is 1. The van der Waals surface area contributed by atoms with E-state index in [0.717, 1.165) is 44.9 Å². The summed E-state index contributed by atoms with van der Waals surface area (Å²) in [6, 6.07) is 8.66. The lowest BCUT2D eigenvalue weighted by atomic mass is 9.84. The van der Waals surface area contributed by atoms with Gasteiger partial charge in [-0.05, 0) is 24.8 Å². The van der Waals surface area contributed by atoms with Gasteiger partial charge < -0.3 is 19.1 Å². The van der Waals surface area contributed by atoms with Crippen molar-refractivity contribution in [3.63, 3.8) is 0 Å². The van der Waals surface area contributed by atoms with E-state index in [4.69, 9.17) is 14.2 Å². The summed E-state index contributed by atoms with van der Waals surface area (Å²) in [5.74, 6) is 2.17. The molecule has 6 heteroatoms. The summed E-state index contributed by atoms with van der Waals surface area (Å²) >= 11 is 0. The van der Waals surface area contributed by atoms with Crippen molar-refractivity contribution in [1.82, 2.24) is 9.80 Å². The first kappa shape index (κ1) is 18.4. The number of hydrogen-bond acceptors (Lipinski definition) is 5. The molecule has 3 atom stereocenters. The largest absolute Gasteiger partial charge is 0.493 e. The lowest BCUT2D eigenvalue weighted by Gasteiger charge is -2.36. The third-order valence-corrected chi connectivity index (χ3v) is 6.89. The summed E-state index contributed by atoms with van der Waals surface area (Å²) in [6.45, 7) is 6.97. The minimum atomic E-state index is 0.0105. The van der Waals surface area contributed by atoms with Gasteiger partial charge in [-0.15, -0.1) is 0 Å². The molecule has 28 heavy (non-hydrogen) atoms. The van der Waals surface area contributed by atoms with E-state index in [1.165, 1.54) is 5.56 Å². The average Bonchev–Trinajstić information content (AvgIpc) is 3.13. The first-order valence-corrected chi connectivity index (χ1v) is 10.7. The van der Waals surface area contributed by atoms with Crippen LogP contribution in [0.2, 0.25) is 0 Å². The minimum absolute atomic E-state index is 0.0105. The van der Waals surface area contributed by atoms with Gasteiger partial charge >= 0.3 is 0 Å². The predicted molar refractivity (Wildman–Crippen MR) is 104 cm³/mol. The number of amides is 1. The molecule has 0 radical (unpaired) electrons. The molecule has 4 heterocycles. The van der Waals surface area contributed by atoms with E-state index < -0.39 is 0 Å². The molecular weight excluding hydrogens is 356 g/mol. The number of nitrogens with zero attached hydrogens (tertiary/aromatic N) is 2. The van der Waals surface area contributed by atoms with Crippen molar-refractivity contribution in [2.75, 3.05) is 59.2 Å². The second kappa shape index (κ2) is 8.01. The molecule has 4 aliphatic heterocycles. The molecule has 1 aromatic carbocycles. The topological polar surface area (TPSA) is 51.2 Å². The second-order valence-electron chi connectivity index (χ2n) is 8.51. The SMILES string of the molecule is O=C([C@@H]1CN(CC2CCOCC2)[C@H]2c3ccccc3OC[C@@H]12)N1CCOCC1. The van der Waals surface area contributed by atoms with Crippen LogP contribution in [-0.4, -0.2) is 74.9 Å². The number of benzene rings is 1. The summed E-state index contributed by atoms with van der Waals surface area (Å²) in [5, 5.41) is 0. The minimum Gasteiger partial charge on any atom is -0.493 e. The normalized spacial score (nSPS) is 31.1. The third kappa shape index (κ3) is 3.42. The van der Waals surface area contributed by atoms with Crippen LogP contribution in [0.4, 0.5) is 0 Å². The summed E-state index contributed by atoms with van der Waals surface area (Å²) in [5.41, 5.74) is 1.25. The van der Waals surface area contributed by atoms with Gasteiger partial charge in [0.25, 0.3) is 0 Å². The standard InChI is InChI=1S/C22H30N2O4/c25-22(23-7-11-27-12-8-23)18-14-24(13-16-5-9-26-10-6-16)21-17-3-1-2-4-20(17)28-15-19(18)21/h1-4,16,18-19,21H,5-15H2/t18-,19+,21+/m1/s1. The van der Waals surface area contributed by atoms with Crippen molar-refractivity contribution in [3.8, 4) is 5.75 Å². The maximum Gasteiger partial charge on any atom is 0.227 e. The van der Waals surface area contributed by atoms with Gasteiger partial charge in [0.05, 0.1) is 25.7 Å². The van der Waals surface area contributed by atoms with Crippen molar-refractivity contribution in [2.45, 2.75) is 18.9 Å². The highest BCUT2D eigenvalue weighted by Crippen LogP contribution is 2.48. The van der Waals surface area contributed by atoms with Gasteiger partial charge in [-0.2, -0.15) is 0 Å². The Morgan fingerprint density at radius 2 is 1.79 bits per heavy atom. The Morgan fingerprint density at radius 3 is 2.61 bits per heavy atom. The molecule has 5 rings (SSSR count). The molecule has 0 spiro atoms. The zero-order valence-electron chi connectivity index (χ0n) is 16.4. The molecule has 0 bridgehead atoms. The first-order chi connectivity index (χ1) is 13.8. The van der Waals surface area contributed by atoms with E-state index >= 15 is 0 Å². The Morgan fingerprint density at radius 1 is 1.04 bits per heavy atom. The molecule has 0 unspecified atom stereocenters. The Kier molecular flexibility index (Phi) is 5.26. The number of para-hydroxylation sites is 1. The van der Waals surface area contributed by atoms with E-state index in [0.29, 0.717) is 38.8 Å². The average molecular weight is 386 g/mol.